The average Bonchev–Trinajstić information content (AvgIpc) is 2.36. The van der Waals surface area contributed by atoms with Crippen LogP contribution in [0.5, 0.6) is 0 Å². The van der Waals surface area contributed by atoms with Gasteiger partial charge in [0.1, 0.15) is 5.75 Å². The lowest BCUT2D eigenvalue weighted by Gasteiger charge is -2.16. The van der Waals surface area contributed by atoms with Gasteiger partial charge in [-0.05, 0) is 41.0 Å². The molecule has 2 N–H and O–H groups in total. The second-order valence-electron chi connectivity index (χ2n) is 3.88. The maximum absolute atomic E-state index is 12.1. The Morgan fingerprint density at radius 2 is 2.11 bits per heavy atom. The van der Waals surface area contributed by atoms with Crippen molar-refractivity contribution in [2.75, 3.05) is 25.9 Å². The topological polar surface area (TPSA) is 63.4 Å². The van der Waals surface area contributed by atoms with Crippen LogP contribution in [0.4, 0.5) is 0 Å². The van der Waals surface area contributed by atoms with E-state index in [-0.39, 0.29) is 11.7 Å². The summed E-state index contributed by atoms with van der Waals surface area (Å²) in [7, 11) is 0.383. The lowest BCUT2D eigenvalue weighted by atomic mass is 10.4. The van der Waals surface area contributed by atoms with Gasteiger partial charge in [-0.3, -0.25) is 9.00 Å². The van der Waals surface area contributed by atoms with E-state index in [0.29, 0.717) is 18.0 Å². The highest BCUT2D eigenvalue weighted by Crippen LogP contribution is 2.19. The Hall–Kier alpha value is -0.720. The summed E-state index contributed by atoms with van der Waals surface area (Å²) >= 11 is 3.33. The van der Waals surface area contributed by atoms with E-state index < -0.39 is 10.8 Å². The second kappa shape index (κ2) is 7.66. The van der Waals surface area contributed by atoms with Gasteiger partial charge in [-0.2, -0.15) is 0 Å². The summed E-state index contributed by atoms with van der Waals surface area (Å²) in [5, 5.41) is 0. The smallest absolute Gasteiger partial charge is 0.235 e. The predicted octanol–water partition coefficient (Wildman–Crippen LogP) is 1.36. The molecule has 0 saturated carbocycles. The van der Waals surface area contributed by atoms with Gasteiger partial charge in [-0.25, -0.2) is 0 Å². The molecule has 0 bridgehead atoms. The zero-order chi connectivity index (χ0) is 13.5. The molecule has 18 heavy (non-hydrogen) atoms. The van der Waals surface area contributed by atoms with Gasteiger partial charge in [-0.1, -0.05) is 12.1 Å². The van der Waals surface area contributed by atoms with Crippen LogP contribution in [0.1, 0.15) is 6.42 Å². The fourth-order valence-corrected chi connectivity index (χ4v) is 3.33. The van der Waals surface area contributed by atoms with E-state index in [9.17, 15) is 9.00 Å². The summed E-state index contributed by atoms with van der Waals surface area (Å²) in [6, 6.07) is 7.23. The summed E-state index contributed by atoms with van der Waals surface area (Å²) < 4.78 is 12.8. The van der Waals surface area contributed by atoms with Crippen molar-refractivity contribution in [1.29, 1.82) is 0 Å². The van der Waals surface area contributed by atoms with Crippen molar-refractivity contribution in [2.45, 2.75) is 11.3 Å². The number of rotatable bonds is 6. The highest BCUT2D eigenvalue weighted by Gasteiger charge is 2.15. The number of hydrogen-bond acceptors (Lipinski definition) is 3. The van der Waals surface area contributed by atoms with Crippen LogP contribution in [0.3, 0.4) is 0 Å². The molecule has 0 fully saturated rings. The molecule has 0 spiro atoms. The zero-order valence-electron chi connectivity index (χ0n) is 10.3. The van der Waals surface area contributed by atoms with Crippen LogP contribution in [-0.2, 0) is 15.6 Å². The fraction of sp³-hybridized carbons (Fsp3) is 0.417. The van der Waals surface area contributed by atoms with Crippen LogP contribution in [-0.4, -0.2) is 40.9 Å². The fourth-order valence-electron chi connectivity index (χ4n) is 1.38. The summed E-state index contributed by atoms with van der Waals surface area (Å²) in [4.78, 5) is 14.0. The van der Waals surface area contributed by atoms with Gasteiger partial charge in [-0.15, -0.1) is 0 Å². The molecule has 1 amide bonds. The van der Waals surface area contributed by atoms with Gasteiger partial charge in [0.15, 0.2) is 0 Å². The Balaban J connectivity index is 2.60. The lowest BCUT2D eigenvalue weighted by molar-refractivity contribution is -0.127. The molecule has 0 radical (unpaired) electrons. The largest absolute Gasteiger partial charge is 0.345 e. The standard InChI is InChI=1S/C12H17BrN2O2S/c1-15(8-4-7-14)12(16)9-18(17)11-6-3-2-5-10(11)13/h2-3,5-6H,4,7-9,14H2,1H3. The first-order chi connectivity index (χ1) is 8.56. The van der Waals surface area contributed by atoms with Crippen molar-refractivity contribution < 1.29 is 9.00 Å². The molecule has 100 valence electrons. The first-order valence-electron chi connectivity index (χ1n) is 5.63. The van der Waals surface area contributed by atoms with E-state index in [2.05, 4.69) is 15.9 Å². The van der Waals surface area contributed by atoms with E-state index >= 15 is 0 Å². The third-order valence-electron chi connectivity index (χ3n) is 2.46. The van der Waals surface area contributed by atoms with Crippen LogP contribution in [0, 0.1) is 0 Å². The van der Waals surface area contributed by atoms with E-state index in [1.165, 1.54) is 0 Å². The molecule has 1 unspecified atom stereocenters. The minimum atomic E-state index is -1.32. The molecule has 0 aliphatic rings. The zero-order valence-corrected chi connectivity index (χ0v) is 12.7. The average molecular weight is 333 g/mol. The van der Waals surface area contributed by atoms with Crippen molar-refractivity contribution in [1.82, 2.24) is 4.90 Å². The maximum atomic E-state index is 12.1. The molecule has 4 nitrogen and oxygen atoms in total. The number of hydrogen-bond donors (Lipinski definition) is 1. The monoisotopic (exact) mass is 332 g/mol. The lowest BCUT2D eigenvalue weighted by Crippen LogP contribution is -2.32. The molecule has 1 aromatic carbocycles. The molecule has 0 aromatic heterocycles. The molecule has 0 aliphatic heterocycles. The SMILES string of the molecule is CN(CCCN)C(=O)CS(=O)c1ccccc1Br. The van der Waals surface area contributed by atoms with Crippen molar-refractivity contribution >= 4 is 32.6 Å². The number of carbonyl (C=O) groups is 1. The molecule has 0 heterocycles. The van der Waals surface area contributed by atoms with E-state index in [4.69, 9.17) is 5.73 Å². The van der Waals surface area contributed by atoms with Crippen LogP contribution in [0.2, 0.25) is 0 Å². The summed E-state index contributed by atoms with van der Waals surface area (Å²) in [6.45, 7) is 1.15. The van der Waals surface area contributed by atoms with Crippen molar-refractivity contribution in [3.63, 3.8) is 0 Å². The molecule has 6 heteroatoms. The summed E-state index contributed by atoms with van der Waals surface area (Å²) in [5.74, 6) is -0.124. The number of nitrogens with zero attached hydrogens (tertiary/aromatic N) is 1. The first-order valence-corrected chi connectivity index (χ1v) is 7.74. The van der Waals surface area contributed by atoms with Crippen molar-refractivity contribution in [3.05, 3.63) is 28.7 Å². The Labute approximate surface area is 118 Å². The van der Waals surface area contributed by atoms with Gasteiger partial charge in [0.2, 0.25) is 5.91 Å². The summed E-state index contributed by atoms with van der Waals surface area (Å²) in [5.41, 5.74) is 5.38. The van der Waals surface area contributed by atoms with Gasteiger partial charge in [0, 0.05) is 18.1 Å². The molecule has 1 atom stereocenters. The normalized spacial score (nSPS) is 12.2. The third-order valence-corrected chi connectivity index (χ3v) is 4.77. The van der Waals surface area contributed by atoms with Crippen LogP contribution in [0.15, 0.2) is 33.6 Å². The van der Waals surface area contributed by atoms with Crippen LogP contribution < -0.4 is 5.73 Å². The van der Waals surface area contributed by atoms with Gasteiger partial charge in [0.05, 0.1) is 15.7 Å². The van der Waals surface area contributed by atoms with E-state index in [1.807, 2.05) is 12.1 Å². The van der Waals surface area contributed by atoms with Gasteiger partial charge in [0.25, 0.3) is 0 Å². The molecular formula is C12H17BrN2O2S. The first kappa shape index (κ1) is 15.3. The van der Waals surface area contributed by atoms with Crippen LogP contribution in [0.25, 0.3) is 0 Å². The maximum Gasteiger partial charge on any atom is 0.235 e. The van der Waals surface area contributed by atoms with Crippen LogP contribution >= 0.6 is 15.9 Å². The second-order valence-corrected chi connectivity index (χ2v) is 6.15. The van der Waals surface area contributed by atoms with E-state index in [1.54, 1.807) is 24.1 Å². The number of halogens is 1. The van der Waals surface area contributed by atoms with Gasteiger partial charge >= 0.3 is 0 Å². The summed E-state index contributed by atoms with van der Waals surface area (Å²) in [6.07, 6.45) is 0.754. The Morgan fingerprint density at radius 1 is 1.44 bits per heavy atom. The minimum Gasteiger partial charge on any atom is -0.345 e. The highest BCUT2D eigenvalue weighted by molar-refractivity contribution is 9.10. The van der Waals surface area contributed by atoms with Crippen molar-refractivity contribution in [3.8, 4) is 0 Å². The quantitative estimate of drug-likeness (QED) is 0.855. The molecule has 0 aliphatic carbocycles. The molecular weight excluding hydrogens is 316 g/mol. The van der Waals surface area contributed by atoms with Crippen molar-refractivity contribution in [2.24, 2.45) is 5.73 Å². The Morgan fingerprint density at radius 3 is 2.72 bits per heavy atom. The minimum absolute atomic E-state index is 0.00366. The number of amides is 1. The number of benzene rings is 1. The van der Waals surface area contributed by atoms with Gasteiger partial charge < -0.3 is 10.6 Å². The van der Waals surface area contributed by atoms with E-state index in [0.717, 1.165) is 10.9 Å². The Kier molecular flexibility index (Phi) is 6.52. The number of carbonyl (C=O) groups excluding carboxylic acids is 1. The predicted molar refractivity (Wildman–Crippen MR) is 76.7 cm³/mol. The molecule has 1 aromatic rings. The molecule has 1 rings (SSSR count). The Bertz CT molecular complexity index is 440. The highest BCUT2D eigenvalue weighted by atomic mass is 79.9. The molecule has 0 saturated heterocycles. The third kappa shape index (κ3) is 4.51. The number of nitrogens with two attached hydrogens (primary N) is 1.